The van der Waals surface area contributed by atoms with Crippen LogP contribution in [-0.2, 0) is 21.4 Å². The summed E-state index contributed by atoms with van der Waals surface area (Å²) in [4.78, 5) is 26.9. The van der Waals surface area contributed by atoms with E-state index in [1.807, 2.05) is 24.4 Å². The van der Waals surface area contributed by atoms with Crippen molar-refractivity contribution in [2.75, 3.05) is 26.2 Å². The number of rotatable bonds is 5. The normalized spacial score (nSPS) is 16.0. The molecule has 1 fully saturated rings. The first kappa shape index (κ1) is 20.6. The molecule has 1 saturated heterocycles. The molecule has 10 heteroatoms. The van der Waals surface area contributed by atoms with E-state index >= 15 is 0 Å². The minimum atomic E-state index is -3.75. The zero-order valence-electron chi connectivity index (χ0n) is 16.4. The van der Waals surface area contributed by atoms with E-state index in [0.717, 1.165) is 4.88 Å². The number of piperazine rings is 1. The predicted octanol–water partition coefficient (Wildman–Crippen LogP) is 2.22. The molecule has 0 saturated carbocycles. The Balaban J connectivity index is 1.46. The molecule has 0 N–H and O–H groups in total. The van der Waals surface area contributed by atoms with Crippen LogP contribution in [-0.4, -0.2) is 54.3 Å². The number of aromatic nitrogens is 1. The van der Waals surface area contributed by atoms with Crippen LogP contribution in [0.1, 0.15) is 11.8 Å². The summed E-state index contributed by atoms with van der Waals surface area (Å²) in [7, 11) is -3.75. The molecule has 1 aliphatic heterocycles. The maximum absolute atomic E-state index is 13.0. The number of oxazole rings is 1. The summed E-state index contributed by atoms with van der Waals surface area (Å²) in [6.45, 7) is 3.30. The average Bonchev–Trinajstić information content (AvgIpc) is 3.38. The highest BCUT2D eigenvalue weighted by Gasteiger charge is 2.30. The molecule has 0 bridgehead atoms. The van der Waals surface area contributed by atoms with Crippen LogP contribution in [0.15, 0.2) is 55.9 Å². The Bertz CT molecular complexity index is 1250. The molecule has 1 aromatic carbocycles. The number of hydrogen-bond donors (Lipinski definition) is 0. The van der Waals surface area contributed by atoms with Crippen molar-refractivity contribution in [1.29, 1.82) is 0 Å². The first-order valence-corrected chi connectivity index (χ1v) is 11.9. The number of nitrogens with zero attached hydrogens (tertiary/aromatic N) is 3. The first-order chi connectivity index (χ1) is 14.4. The number of amides is 1. The minimum absolute atomic E-state index is 0.0735. The summed E-state index contributed by atoms with van der Waals surface area (Å²) < 4.78 is 34.1. The zero-order chi connectivity index (χ0) is 21.3. The number of aryl methyl sites for hydroxylation is 1. The lowest BCUT2D eigenvalue weighted by molar-refractivity contribution is -0.127. The van der Waals surface area contributed by atoms with E-state index < -0.39 is 15.8 Å². The van der Waals surface area contributed by atoms with E-state index in [1.165, 1.54) is 27.1 Å². The second kappa shape index (κ2) is 8.21. The Morgan fingerprint density at radius 2 is 1.97 bits per heavy atom. The molecule has 0 aliphatic carbocycles. The lowest BCUT2D eigenvalue weighted by atomic mass is 10.3. The Morgan fingerprint density at radius 3 is 2.63 bits per heavy atom. The highest BCUT2D eigenvalue weighted by molar-refractivity contribution is 7.89. The zero-order valence-corrected chi connectivity index (χ0v) is 18.0. The maximum Gasteiger partial charge on any atom is 0.419 e. The van der Waals surface area contributed by atoms with Gasteiger partial charge in [-0.3, -0.25) is 9.36 Å². The molecule has 3 aromatic rings. The van der Waals surface area contributed by atoms with E-state index in [4.69, 9.17) is 4.42 Å². The number of hydrogen-bond acceptors (Lipinski definition) is 6. The molecule has 3 heterocycles. The topological polar surface area (TPSA) is 92.8 Å². The minimum Gasteiger partial charge on any atom is -0.408 e. The van der Waals surface area contributed by atoms with Gasteiger partial charge in [-0.1, -0.05) is 6.07 Å². The van der Waals surface area contributed by atoms with Crippen molar-refractivity contribution in [3.8, 4) is 0 Å². The molecule has 0 atom stereocenters. The number of benzene rings is 1. The molecule has 158 valence electrons. The van der Waals surface area contributed by atoms with Crippen molar-refractivity contribution in [2.45, 2.75) is 18.4 Å². The molecule has 0 unspecified atom stereocenters. The third-order valence-electron chi connectivity index (χ3n) is 5.08. The average molecular weight is 448 g/mol. The number of carbonyl (C=O) groups excluding carboxylic acids is 1. The summed E-state index contributed by atoms with van der Waals surface area (Å²) in [5.41, 5.74) is 0.810. The van der Waals surface area contributed by atoms with Crippen LogP contribution in [0, 0.1) is 0 Å². The van der Waals surface area contributed by atoms with Crippen molar-refractivity contribution in [1.82, 2.24) is 13.8 Å². The molecule has 1 aliphatic rings. The molecular formula is C20H21N3O5S2. The standard InChI is InChI=1S/C20H21N3O5S2/c1-2-23-17-7-6-16(14-18(17)28-20(23)25)30(26,27)22-11-9-21(10-12-22)19(24)8-5-15-4-3-13-29-15/h3-8,13-14H,2,9-12H2,1H3/b8-5+. The molecule has 0 radical (unpaired) electrons. The predicted molar refractivity (Wildman–Crippen MR) is 115 cm³/mol. The van der Waals surface area contributed by atoms with Crippen LogP contribution in [0.3, 0.4) is 0 Å². The molecule has 8 nitrogen and oxygen atoms in total. The monoisotopic (exact) mass is 447 g/mol. The lowest BCUT2D eigenvalue weighted by Crippen LogP contribution is -2.50. The van der Waals surface area contributed by atoms with Crippen molar-refractivity contribution >= 4 is 44.4 Å². The van der Waals surface area contributed by atoms with Crippen molar-refractivity contribution in [3.63, 3.8) is 0 Å². The maximum atomic E-state index is 13.0. The number of thiophene rings is 1. The first-order valence-electron chi connectivity index (χ1n) is 9.54. The summed E-state index contributed by atoms with van der Waals surface area (Å²) in [5, 5.41) is 1.94. The summed E-state index contributed by atoms with van der Waals surface area (Å²) >= 11 is 1.54. The fourth-order valence-corrected chi connectivity index (χ4v) is 5.51. The Kier molecular flexibility index (Phi) is 5.63. The molecular weight excluding hydrogens is 426 g/mol. The molecule has 2 aromatic heterocycles. The Labute approximate surface area is 177 Å². The largest absolute Gasteiger partial charge is 0.419 e. The molecule has 1 amide bonds. The van der Waals surface area contributed by atoms with Crippen LogP contribution in [0.2, 0.25) is 0 Å². The van der Waals surface area contributed by atoms with E-state index in [-0.39, 0.29) is 29.5 Å². The van der Waals surface area contributed by atoms with Gasteiger partial charge in [0.15, 0.2) is 5.58 Å². The van der Waals surface area contributed by atoms with Crippen molar-refractivity contribution < 1.29 is 17.6 Å². The van der Waals surface area contributed by atoms with Gasteiger partial charge in [0.2, 0.25) is 15.9 Å². The molecule has 4 rings (SSSR count). The van der Waals surface area contributed by atoms with E-state index in [2.05, 4.69) is 0 Å². The van der Waals surface area contributed by atoms with Gasteiger partial charge in [-0.15, -0.1) is 11.3 Å². The fraction of sp³-hybridized carbons (Fsp3) is 0.300. The third-order valence-corrected chi connectivity index (χ3v) is 7.81. The van der Waals surface area contributed by atoms with Crippen LogP contribution < -0.4 is 5.76 Å². The van der Waals surface area contributed by atoms with Gasteiger partial charge in [-0.2, -0.15) is 4.31 Å². The number of sulfonamides is 1. The van der Waals surface area contributed by atoms with Crippen LogP contribution in [0.25, 0.3) is 17.2 Å². The highest BCUT2D eigenvalue weighted by Crippen LogP contribution is 2.23. The fourth-order valence-electron chi connectivity index (χ4n) is 3.45. The van der Waals surface area contributed by atoms with Gasteiger partial charge >= 0.3 is 5.76 Å². The van der Waals surface area contributed by atoms with Crippen LogP contribution in [0.4, 0.5) is 0 Å². The smallest absolute Gasteiger partial charge is 0.408 e. The lowest BCUT2D eigenvalue weighted by Gasteiger charge is -2.33. The van der Waals surface area contributed by atoms with Gasteiger partial charge in [0.25, 0.3) is 0 Å². The SMILES string of the molecule is CCn1c(=O)oc2cc(S(=O)(=O)N3CCN(C(=O)/C=C/c4cccs4)CC3)ccc21. The molecule has 0 spiro atoms. The second-order valence-corrected chi connectivity index (χ2v) is 9.74. The van der Waals surface area contributed by atoms with E-state index in [9.17, 15) is 18.0 Å². The summed E-state index contributed by atoms with van der Waals surface area (Å²) in [6, 6.07) is 8.30. The Hall–Kier alpha value is -2.69. The van der Waals surface area contributed by atoms with E-state index in [1.54, 1.807) is 28.4 Å². The van der Waals surface area contributed by atoms with Crippen molar-refractivity contribution in [3.05, 3.63) is 57.2 Å². The van der Waals surface area contributed by atoms with Gasteiger partial charge < -0.3 is 9.32 Å². The quantitative estimate of drug-likeness (QED) is 0.559. The highest BCUT2D eigenvalue weighted by atomic mass is 32.2. The second-order valence-electron chi connectivity index (χ2n) is 6.82. The number of fused-ring (bicyclic) bond motifs is 1. The third kappa shape index (κ3) is 3.85. The summed E-state index contributed by atoms with van der Waals surface area (Å²) in [6.07, 6.45) is 3.28. The number of carbonyl (C=O) groups is 1. The molecule has 30 heavy (non-hydrogen) atoms. The van der Waals surface area contributed by atoms with Crippen LogP contribution >= 0.6 is 11.3 Å². The van der Waals surface area contributed by atoms with Gasteiger partial charge in [0.1, 0.15) is 0 Å². The van der Waals surface area contributed by atoms with E-state index in [0.29, 0.717) is 25.2 Å². The van der Waals surface area contributed by atoms with Crippen molar-refractivity contribution in [2.24, 2.45) is 0 Å². The van der Waals surface area contributed by atoms with Gasteiger partial charge in [-0.05, 0) is 36.6 Å². The Morgan fingerprint density at radius 1 is 1.20 bits per heavy atom. The van der Waals surface area contributed by atoms with Gasteiger partial charge in [0.05, 0.1) is 10.4 Å². The van der Waals surface area contributed by atoms with Crippen LogP contribution in [0.5, 0.6) is 0 Å². The van der Waals surface area contributed by atoms with Gasteiger partial charge in [0, 0.05) is 49.7 Å². The summed E-state index contributed by atoms with van der Waals surface area (Å²) in [5.74, 6) is -0.644. The van der Waals surface area contributed by atoms with Gasteiger partial charge in [-0.25, -0.2) is 13.2 Å².